The van der Waals surface area contributed by atoms with Gasteiger partial charge in [-0.2, -0.15) is 0 Å². The predicted octanol–water partition coefficient (Wildman–Crippen LogP) is 3.97. The van der Waals surface area contributed by atoms with Crippen molar-refractivity contribution in [3.05, 3.63) is 66.6 Å². The molecule has 0 aliphatic heterocycles. The van der Waals surface area contributed by atoms with Crippen molar-refractivity contribution in [1.29, 1.82) is 0 Å². The average molecular weight is 329 g/mol. The molecule has 122 valence electrons. The lowest BCUT2D eigenvalue weighted by Gasteiger charge is -2.07. The van der Waals surface area contributed by atoms with Gasteiger partial charge in [0.25, 0.3) is 0 Å². The number of hydrogen-bond acceptors (Lipinski definition) is 5. The third kappa shape index (κ3) is 3.10. The number of ketones is 1. The fraction of sp³-hybridized carbons (Fsp3) is 0.0526. The van der Waals surface area contributed by atoms with Crippen molar-refractivity contribution in [2.45, 2.75) is 6.92 Å². The molecule has 0 aliphatic carbocycles. The SMILES string of the molecule is CC(=O)c1cccc(Nc2nccc(-c3ccc4[nH]cnc4c3)n2)c1. The molecule has 4 rings (SSSR count). The summed E-state index contributed by atoms with van der Waals surface area (Å²) in [4.78, 5) is 27.7. The van der Waals surface area contributed by atoms with Crippen LogP contribution in [0.15, 0.2) is 61.1 Å². The maximum absolute atomic E-state index is 11.5. The van der Waals surface area contributed by atoms with Gasteiger partial charge in [-0.1, -0.05) is 18.2 Å². The van der Waals surface area contributed by atoms with Gasteiger partial charge in [0.2, 0.25) is 5.95 Å². The zero-order valence-electron chi connectivity index (χ0n) is 13.5. The van der Waals surface area contributed by atoms with Gasteiger partial charge >= 0.3 is 0 Å². The molecule has 2 aromatic heterocycles. The molecule has 0 saturated carbocycles. The topological polar surface area (TPSA) is 83.6 Å². The predicted molar refractivity (Wildman–Crippen MR) is 96.8 cm³/mol. The highest BCUT2D eigenvalue weighted by Gasteiger charge is 2.06. The molecule has 2 heterocycles. The fourth-order valence-corrected chi connectivity index (χ4v) is 2.62. The Labute approximate surface area is 144 Å². The van der Waals surface area contributed by atoms with Crippen molar-refractivity contribution < 1.29 is 4.79 Å². The molecule has 0 radical (unpaired) electrons. The van der Waals surface area contributed by atoms with Gasteiger partial charge in [-0.3, -0.25) is 4.79 Å². The number of nitrogens with one attached hydrogen (secondary N) is 2. The van der Waals surface area contributed by atoms with Crippen molar-refractivity contribution in [1.82, 2.24) is 19.9 Å². The van der Waals surface area contributed by atoms with Crippen LogP contribution in [0.3, 0.4) is 0 Å². The minimum atomic E-state index is 0.0191. The molecule has 0 atom stereocenters. The Balaban J connectivity index is 1.65. The number of benzene rings is 2. The highest BCUT2D eigenvalue weighted by Crippen LogP contribution is 2.23. The van der Waals surface area contributed by atoms with E-state index in [1.807, 2.05) is 36.4 Å². The first-order valence-electron chi connectivity index (χ1n) is 7.84. The number of fused-ring (bicyclic) bond motifs is 1. The molecule has 2 aromatic carbocycles. The number of aromatic amines is 1. The van der Waals surface area contributed by atoms with E-state index in [0.29, 0.717) is 11.5 Å². The number of Topliss-reactive ketones (excluding diaryl/α,β-unsaturated/α-hetero) is 1. The minimum absolute atomic E-state index is 0.0191. The molecule has 2 N–H and O–H groups in total. The zero-order valence-corrected chi connectivity index (χ0v) is 13.5. The molecule has 0 saturated heterocycles. The number of carbonyl (C=O) groups excluding carboxylic acids is 1. The summed E-state index contributed by atoms with van der Waals surface area (Å²) in [5.41, 5.74) is 5.04. The van der Waals surface area contributed by atoms with E-state index < -0.39 is 0 Å². The van der Waals surface area contributed by atoms with Gasteiger partial charge in [0.05, 0.1) is 23.1 Å². The van der Waals surface area contributed by atoms with Crippen LogP contribution in [-0.2, 0) is 0 Å². The summed E-state index contributed by atoms with van der Waals surface area (Å²) in [5.74, 6) is 0.492. The number of carbonyl (C=O) groups is 1. The van der Waals surface area contributed by atoms with E-state index in [1.165, 1.54) is 0 Å². The van der Waals surface area contributed by atoms with Crippen molar-refractivity contribution >= 4 is 28.5 Å². The fourth-order valence-electron chi connectivity index (χ4n) is 2.62. The Morgan fingerprint density at radius 1 is 1.08 bits per heavy atom. The standard InChI is InChI=1S/C19H15N5O/c1-12(25)13-3-2-4-15(9-13)23-19-20-8-7-16(24-19)14-5-6-17-18(10-14)22-11-21-17/h2-11H,1H3,(H,21,22)(H,20,23,24). The number of rotatable bonds is 4. The van der Waals surface area contributed by atoms with Crippen molar-refractivity contribution in [2.24, 2.45) is 0 Å². The number of nitrogens with zero attached hydrogens (tertiary/aromatic N) is 3. The van der Waals surface area contributed by atoms with Gasteiger partial charge < -0.3 is 10.3 Å². The van der Waals surface area contributed by atoms with Gasteiger partial charge in [-0.25, -0.2) is 15.0 Å². The molecule has 0 bridgehead atoms. The third-order valence-corrected chi connectivity index (χ3v) is 3.90. The van der Waals surface area contributed by atoms with Crippen LogP contribution in [0.25, 0.3) is 22.3 Å². The van der Waals surface area contributed by atoms with E-state index in [0.717, 1.165) is 28.0 Å². The Kier molecular flexibility index (Phi) is 3.70. The molecule has 0 fully saturated rings. The Bertz CT molecular complexity index is 1070. The number of hydrogen-bond donors (Lipinski definition) is 2. The maximum Gasteiger partial charge on any atom is 0.227 e. The minimum Gasteiger partial charge on any atom is -0.345 e. The summed E-state index contributed by atoms with van der Waals surface area (Å²) in [5, 5.41) is 3.15. The first kappa shape index (κ1) is 15.0. The van der Waals surface area contributed by atoms with Gasteiger partial charge in [0, 0.05) is 23.0 Å². The molecular formula is C19H15N5O. The van der Waals surface area contributed by atoms with Crippen molar-refractivity contribution in [2.75, 3.05) is 5.32 Å². The molecule has 6 nitrogen and oxygen atoms in total. The molecular weight excluding hydrogens is 314 g/mol. The number of H-pyrrole nitrogens is 1. The summed E-state index contributed by atoms with van der Waals surface area (Å²) in [6.45, 7) is 1.54. The van der Waals surface area contributed by atoms with E-state index in [2.05, 4.69) is 25.3 Å². The van der Waals surface area contributed by atoms with Gasteiger partial charge in [0.1, 0.15) is 0 Å². The Morgan fingerprint density at radius 2 is 2.00 bits per heavy atom. The van der Waals surface area contributed by atoms with Crippen LogP contribution in [0.4, 0.5) is 11.6 Å². The smallest absolute Gasteiger partial charge is 0.227 e. The summed E-state index contributed by atoms with van der Waals surface area (Å²) in [6.07, 6.45) is 3.37. The normalized spacial score (nSPS) is 10.8. The monoisotopic (exact) mass is 329 g/mol. The Morgan fingerprint density at radius 3 is 2.88 bits per heavy atom. The third-order valence-electron chi connectivity index (χ3n) is 3.90. The second-order valence-electron chi connectivity index (χ2n) is 5.66. The van der Waals surface area contributed by atoms with Crippen LogP contribution in [0.1, 0.15) is 17.3 Å². The molecule has 4 aromatic rings. The van der Waals surface area contributed by atoms with Crippen LogP contribution in [0.5, 0.6) is 0 Å². The van der Waals surface area contributed by atoms with Gasteiger partial charge in [-0.15, -0.1) is 0 Å². The lowest BCUT2D eigenvalue weighted by molar-refractivity contribution is 0.101. The second-order valence-corrected chi connectivity index (χ2v) is 5.66. The molecule has 0 unspecified atom stereocenters. The van der Waals surface area contributed by atoms with Crippen molar-refractivity contribution in [3.8, 4) is 11.3 Å². The summed E-state index contributed by atoms with van der Waals surface area (Å²) < 4.78 is 0. The lowest BCUT2D eigenvalue weighted by Crippen LogP contribution is -1.99. The maximum atomic E-state index is 11.5. The molecule has 0 amide bonds. The first-order chi connectivity index (χ1) is 12.2. The van der Waals surface area contributed by atoms with Crippen LogP contribution in [0, 0.1) is 0 Å². The molecule has 0 spiro atoms. The highest BCUT2D eigenvalue weighted by atomic mass is 16.1. The second kappa shape index (κ2) is 6.16. The average Bonchev–Trinajstić information content (AvgIpc) is 3.10. The quantitative estimate of drug-likeness (QED) is 0.554. The van der Waals surface area contributed by atoms with E-state index in [-0.39, 0.29) is 5.78 Å². The molecule has 25 heavy (non-hydrogen) atoms. The number of imidazole rings is 1. The molecule has 6 heteroatoms. The zero-order chi connectivity index (χ0) is 17.2. The molecule has 0 aliphatic rings. The number of anilines is 2. The van der Waals surface area contributed by atoms with E-state index in [4.69, 9.17) is 0 Å². The van der Waals surface area contributed by atoms with E-state index in [1.54, 1.807) is 31.6 Å². The number of aromatic nitrogens is 4. The largest absolute Gasteiger partial charge is 0.345 e. The van der Waals surface area contributed by atoms with Crippen LogP contribution in [0.2, 0.25) is 0 Å². The first-order valence-corrected chi connectivity index (χ1v) is 7.84. The summed E-state index contributed by atoms with van der Waals surface area (Å²) >= 11 is 0. The Hall–Kier alpha value is -3.54. The van der Waals surface area contributed by atoms with E-state index in [9.17, 15) is 4.79 Å². The van der Waals surface area contributed by atoms with E-state index >= 15 is 0 Å². The van der Waals surface area contributed by atoms with Gasteiger partial charge in [-0.05, 0) is 37.3 Å². The van der Waals surface area contributed by atoms with Crippen LogP contribution >= 0.6 is 0 Å². The van der Waals surface area contributed by atoms with Gasteiger partial charge in [0.15, 0.2) is 5.78 Å². The highest BCUT2D eigenvalue weighted by molar-refractivity contribution is 5.95. The summed E-state index contributed by atoms with van der Waals surface area (Å²) in [6, 6.07) is 15.1. The van der Waals surface area contributed by atoms with Crippen molar-refractivity contribution in [3.63, 3.8) is 0 Å². The lowest BCUT2D eigenvalue weighted by atomic mass is 10.1. The van der Waals surface area contributed by atoms with Crippen LogP contribution < -0.4 is 5.32 Å². The van der Waals surface area contributed by atoms with Crippen LogP contribution in [-0.4, -0.2) is 25.7 Å². The summed E-state index contributed by atoms with van der Waals surface area (Å²) in [7, 11) is 0.